The molecule has 0 radical (unpaired) electrons. The number of carbonyl (C=O) groups is 2. The van der Waals surface area contributed by atoms with Crippen LogP contribution in [-0.2, 0) is 9.59 Å². The second-order valence-electron chi connectivity index (χ2n) is 6.47. The van der Waals surface area contributed by atoms with Crippen molar-refractivity contribution in [1.29, 1.82) is 0 Å². The molecule has 2 aliphatic heterocycles. The van der Waals surface area contributed by atoms with Crippen molar-refractivity contribution in [2.75, 3.05) is 26.2 Å². The van der Waals surface area contributed by atoms with E-state index in [-0.39, 0.29) is 23.7 Å². The maximum atomic E-state index is 12.4. The quantitative estimate of drug-likeness (QED) is 0.817. The number of hydrogen-bond acceptors (Lipinski definition) is 3. The molecule has 2 N–H and O–H groups in total. The molecular formula is C16H29N3O2. The fourth-order valence-electron chi connectivity index (χ4n) is 3.16. The molecule has 2 unspecified atom stereocenters. The zero-order valence-electron chi connectivity index (χ0n) is 13.4. The van der Waals surface area contributed by atoms with Gasteiger partial charge in [0.15, 0.2) is 0 Å². The summed E-state index contributed by atoms with van der Waals surface area (Å²) in [5.74, 6) is 0.387. The predicted octanol–water partition coefficient (Wildman–Crippen LogP) is 1.14. The van der Waals surface area contributed by atoms with E-state index in [0.717, 1.165) is 51.7 Å². The standard InChI is InChI=1S/C16H29N3O2/c1-3-12(2)16(21)19-10-4-5-13(11-19)15(20)18-14-6-8-17-9-7-14/h12-14,17H,3-11H2,1-2H3,(H,18,20). The van der Waals surface area contributed by atoms with Gasteiger partial charge in [0.05, 0.1) is 5.92 Å². The first-order chi connectivity index (χ1) is 10.1. The summed E-state index contributed by atoms with van der Waals surface area (Å²) in [6, 6.07) is 0.305. The van der Waals surface area contributed by atoms with E-state index in [2.05, 4.69) is 10.6 Å². The summed E-state index contributed by atoms with van der Waals surface area (Å²) in [5.41, 5.74) is 0. The summed E-state index contributed by atoms with van der Waals surface area (Å²) in [6.45, 7) is 7.37. The zero-order valence-corrected chi connectivity index (χ0v) is 13.4. The molecule has 0 aromatic rings. The summed E-state index contributed by atoms with van der Waals surface area (Å²) in [6.07, 6.45) is 4.72. The first-order valence-electron chi connectivity index (χ1n) is 8.41. The summed E-state index contributed by atoms with van der Waals surface area (Å²) in [7, 11) is 0. The van der Waals surface area contributed by atoms with Gasteiger partial charge in [0.25, 0.3) is 0 Å². The van der Waals surface area contributed by atoms with Crippen LogP contribution < -0.4 is 10.6 Å². The second-order valence-corrected chi connectivity index (χ2v) is 6.47. The molecule has 0 aromatic carbocycles. The fraction of sp³-hybridized carbons (Fsp3) is 0.875. The highest BCUT2D eigenvalue weighted by Crippen LogP contribution is 2.20. The Kier molecular flexibility index (Phi) is 6.03. The molecule has 120 valence electrons. The van der Waals surface area contributed by atoms with Gasteiger partial charge in [-0.05, 0) is 45.2 Å². The molecule has 5 heteroatoms. The third-order valence-electron chi connectivity index (χ3n) is 4.82. The van der Waals surface area contributed by atoms with Crippen molar-refractivity contribution in [3.05, 3.63) is 0 Å². The number of carbonyl (C=O) groups excluding carboxylic acids is 2. The van der Waals surface area contributed by atoms with Crippen molar-refractivity contribution in [1.82, 2.24) is 15.5 Å². The molecule has 0 spiro atoms. The lowest BCUT2D eigenvalue weighted by atomic mass is 9.94. The van der Waals surface area contributed by atoms with Crippen LogP contribution in [0.1, 0.15) is 46.0 Å². The minimum Gasteiger partial charge on any atom is -0.353 e. The average Bonchev–Trinajstić information content (AvgIpc) is 2.54. The highest BCUT2D eigenvalue weighted by molar-refractivity contribution is 5.82. The molecule has 0 saturated carbocycles. The van der Waals surface area contributed by atoms with Gasteiger partial charge in [0.1, 0.15) is 0 Å². The topological polar surface area (TPSA) is 61.4 Å². The first-order valence-corrected chi connectivity index (χ1v) is 8.41. The van der Waals surface area contributed by atoms with E-state index in [0.29, 0.717) is 12.6 Å². The SMILES string of the molecule is CCC(C)C(=O)N1CCCC(C(=O)NC2CCNCC2)C1. The molecule has 0 aromatic heterocycles. The number of piperidine rings is 2. The van der Waals surface area contributed by atoms with E-state index in [1.165, 1.54) is 0 Å². The Labute approximate surface area is 127 Å². The van der Waals surface area contributed by atoms with Crippen LogP contribution >= 0.6 is 0 Å². The van der Waals surface area contributed by atoms with Crippen LogP contribution in [0.15, 0.2) is 0 Å². The summed E-state index contributed by atoms with van der Waals surface area (Å²) in [4.78, 5) is 26.6. The Morgan fingerprint density at radius 3 is 2.67 bits per heavy atom. The summed E-state index contributed by atoms with van der Waals surface area (Å²) in [5, 5.41) is 6.48. The van der Waals surface area contributed by atoms with Crippen LogP contribution in [0.25, 0.3) is 0 Å². The number of hydrogen-bond donors (Lipinski definition) is 2. The number of rotatable bonds is 4. The second kappa shape index (κ2) is 7.78. The molecule has 2 amide bonds. The normalized spacial score (nSPS) is 25.4. The van der Waals surface area contributed by atoms with E-state index < -0.39 is 0 Å². The Hall–Kier alpha value is -1.10. The molecule has 2 atom stereocenters. The van der Waals surface area contributed by atoms with Gasteiger partial charge in [-0.3, -0.25) is 9.59 Å². The highest BCUT2D eigenvalue weighted by atomic mass is 16.2. The third kappa shape index (κ3) is 4.43. The Morgan fingerprint density at radius 1 is 1.29 bits per heavy atom. The van der Waals surface area contributed by atoms with Gasteiger partial charge < -0.3 is 15.5 Å². The molecule has 2 heterocycles. The molecule has 2 fully saturated rings. The molecule has 2 saturated heterocycles. The summed E-state index contributed by atoms with van der Waals surface area (Å²) < 4.78 is 0. The first kappa shape index (κ1) is 16.3. The predicted molar refractivity (Wildman–Crippen MR) is 82.8 cm³/mol. The number of likely N-dealkylation sites (tertiary alicyclic amines) is 1. The van der Waals surface area contributed by atoms with E-state index in [1.807, 2.05) is 18.7 Å². The van der Waals surface area contributed by atoms with Gasteiger partial charge in [-0.2, -0.15) is 0 Å². The average molecular weight is 295 g/mol. The lowest BCUT2D eigenvalue weighted by Crippen LogP contribution is -2.50. The highest BCUT2D eigenvalue weighted by Gasteiger charge is 2.30. The Bertz CT molecular complexity index is 367. The van der Waals surface area contributed by atoms with Crippen molar-refractivity contribution in [2.45, 2.75) is 52.0 Å². The zero-order chi connectivity index (χ0) is 15.2. The van der Waals surface area contributed by atoms with Crippen LogP contribution in [-0.4, -0.2) is 48.9 Å². The van der Waals surface area contributed by atoms with Gasteiger partial charge in [0, 0.05) is 25.0 Å². The van der Waals surface area contributed by atoms with Crippen LogP contribution in [0, 0.1) is 11.8 Å². The number of nitrogens with one attached hydrogen (secondary N) is 2. The van der Waals surface area contributed by atoms with Crippen molar-refractivity contribution < 1.29 is 9.59 Å². The lowest BCUT2D eigenvalue weighted by molar-refractivity contribution is -0.139. The van der Waals surface area contributed by atoms with E-state index >= 15 is 0 Å². The Balaban J connectivity index is 1.84. The van der Waals surface area contributed by atoms with Crippen molar-refractivity contribution in [3.63, 3.8) is 0 Å². The Morgan fingerprint density at radius 2 is 2.00 bits per heavy atom. The minimum absolute atomic E-state index is 0.0263. The van der Waals surface area contributed by atoms with E-state index in [4.69, 9.17) is 0 Å². The lowest BCUT2D eigenvalue weighted by Gasteiger charge is -2.34. The molecule has 0 aliphatic carbocycles. The van der Waals surface area contributed by atoms with Crippen molar-refractivity contribution >= 4 is 11.8 Å². The molecule has 0 bridgehead atoms. The molecule has 2 aliphatic rings. The summed E-state index contributed by atoms with van der Waals surface area (Å²) >= 11 is 0. The maximum absolute atomic E-state index is 12.4. The largest absolute Gasteiger partial charge is 0.353 e. The maximum Gasteiger partial charge on any atom is 0.225 e. The van der Waals surface area contributed by atoms with Crippen molar-refractivity contribution in [3.8, 4) is 0 Å². The van der Waals surface area contributed by atoms with Crippen LogP contribution in [0.5, 0.6) is 0 Å². The fourth-order valence-corrected chi connectivity index (χ4v) is 3.16. The smallest absolute Gasteiger partial charge is 0.225 e. The van der Waals surface area contributed by atoms with Gasteiger partial charge in [0.2, 0.25) is 11.8 Å². The third-order valence-corrected chi connectivity index (χ3v) is 4.82. The van der Waals surface area contributed by atoms with Crippen molar-refractivity contribution in [2.24, 2.45) is 11.8 Å². The van der Waals surface area contributed by atoms with Gasteiger partial charge in [-0.25, -0.2) is 0 Å². The van der Waals surface area contributed by atoms with Crippen LogP contribution in [0.3, 0.4) is 0 Å². The number of nitrogens with zero attached hydrogens (tertiary/aromatic N) is 1. The van der Waals surface area contributed by atoms with Gasteiger partial charge in [-0.1, -0.05) is 13.8 Å². The molecular weight excluding hydrogens is 266 g/mol. The molecule has 2 rings (SSSR count). The van der Waals surface area contributed by atoms with Gasteiger partial charge >= 0.3 is 0 Å². The minimum atomic E-state index is -0.0263. The van der Waals surface area contributed by atoms with E-state index in [1.54, 1.807) is 0 Å². The molecule has 5 nitrogen and oxygen atoms in total. The van der Waals surface area contributed by atoms with Crippen LogP contribution in [0.4, 0.5) is 0 Å². The van der Waals surface area contributed by atoms with Crippen LogP contribution in [0.2, 0.25) is 0 Å². The van der Waals surface area contributed by atoms with E-state index in [9.17, 15) is 9.59 Å². The molecule has 21 heavy (non-hydrogen) atoms. The monoisotopic (exact) mass is 295 g/mol. The van der Waals surface area contributed by atoms with Gasteiger partial charge in [-0.15, -0.1) is 0 Å². The number of amides is 2.